The third-order valence-corrected chi connectivity index (χ3v) is 7.23. The van der Waals surface area contributed by atoms with Crippen molar-refractivity contribution in [2.24, 2.45) is 0 Å². The van der Waals surface area contributed by atoms with Crippen LogP contribution in [-0.4, -0.2) is 91.9 Å². The molecule has 1 aromatic carbocycles. The van der Waals surface area contributed by atoms with Gasteiger partial charge < -0.3 is 15.0 Å². The fourth-order valence-corrected chi connectivity index (χ4v) is 5.64. The summed E-state index contributed by atoms with van der Waals surface area (Å²) in [7, 11) is 0. The van der Waals surface area contributed by atoms with E-state index in [1.54, 1.807) is 6.20 Å². The van der Waals surface area contributed by atoms with Gasteiger partial charge in [-0.1, -0.05) is 0 Å². The van der Waals surface area contributed by atoms with Gasteiger partial charge in [-0.15, -0.1) is 0 Å². The normalized spacial score (nSPS) is 26.3. The second-order valence-corrected chi connectivity index (χ2v) is 9.44. The van der Waals surface area contributed by atoms with Crippen molar-refractivity contribution < 1.29 is 4.74 Å². The minimum absolute atomic E-state index is 0.173. The number of rotatable bonds is 4. The van der Waals surface area contributed by atoms with Gasteiger partial charge in [-0.2, -0.15) is 5.26 Å². The third kappa shape index (κ3) is 4.60. The number of hydrogen-bond acceptors (Lipinski definition) is 7. The quantitative estimate of drug-likeness (QED) is 0.790. The summed E-state index contributed by atoms with van der Waals surface area (Å²) in [5, 5.41) is 14.0. The van der Waals surface area contributed by atoms with Crippen LogP contribution in [0.4, 0.5) is 5.69 Å². The summed E-state index contributed by atoms with van der Waals surface area (Å²) in [6.45, 7) is 11.8. The van der Waals surface area contributed by atoms with Crippen molar-refractivity contribution in [1.29, 1.82) is 5.26 Å². The number of fused-ring (bicyclic) bond motifs is 1. The molecule has 0 spiro atoms. The summed E-state index contributed by atoms with van der Waals surface area (Å²) in [4.78, 5) is 12.2. The molecule has 5 rings (SSSR count). The van der Waals surface area contributed by atoms with Gasteiger partial charge in [-0.25, -0.2) is 0 Å². The Morgan fingerprint density at radius 3 is 2.72 bits per heavy atom. The molecule has 0 aliphatic carbocycles. The Labute approximate surface area is 190 Å². The molecule has 0 radical (unpaired) electrons. The highest BCUT2D eigenvalue weighted by Crippen LogP contribution is 2.30. The number of piperidine rings is 1. The van der Waals surface area contributed by atoms with Crippen molar-refractivity contribution in [3.05, 3.63) is 36.0 Å². The molecule has 7 heteroatoms. The van der Waals surface area contributed by atoms with Crippen molar-refractivity contribution in [3.63, 3.8) is 0 Å². The van der Waals surface area contributed by atoms with Crippen LogP contribution in [0.1, 0.15) is 25.3 Å². The molecule has 1 aromatic heterocycles. The Hall–Kier alpha value is -2.24. The van der Waals surface area contributed by atoms with E-state index in [0.717, 1.165) is 68.4 Å². The first-order valence-corrected chi connectivity index (χ1v) is 12.1. The lowest BCUT2D eigenvalue weighted by molar-refractivity contribution is -0.0401. The summed E-state index contributed by atoms with van der Waals surface area (Å²) >= 11 is 0. The first-order valence-electron chi connectivity index (χ1n) is 12.1. The van der Waals surface area contributed by atoms with Gasteiger partial charge in [0.25, 0.3) is 0 Å². The van der Waals surface area contributed by atoms with Crippen LogP contribution in [0, 0.1) is 11.3 Å². The Balaban J connectivity index is 1.24. The minimum Gasteiger partial charge on any atom is -0.370 e. The zero-order chi connectivity index (χ0) is 21.9. The number of nitriles is 1. The number of benzene rings is 1. The number of aromatic nitrogens is 1. The second kappa shape index (κ2) is 9.72. The molecule has 3 fully saturated rings. The van der Waals surface area contributed by atoms with Gasteiger partial charge in [0, 0.05) is 69.1 Å². The Bertz CT molecular complexity index is 961. The maximum absolute atomic E-state index is 9.47. The molecule has 2 atom stereocenters. The maximum atomic E-state index is 9.47. The molecule has 3 saturated heterocycles. The molecule has 3 aliphatic rings. The largest absolute Gasteiger partial charge is 0.370 e. The zero-order valence-corrected chi connectivity index (χ0v) is 19.0. The van der Waals surface area contributed by atoms with Crippen LogP contribution in [0.25, 0.3) is 10.9 Å². The molecular weight excluding hydrogens is 400 g/mol. The molecular formula is C25H34N6O. The molecule has 0 saturated carbocycles. The van der Waals surface area contributed by atoms with E-state index < -0.39 is 0 Å². The van der Waals surface area contributed by atoms with Gasteiger partial charge in [-0.05, 0) is 57.1 Å². The van der Waals surface area contributed by atoms with Gasteiger partial charge in [0.15, 0.2) is 0 Å². The van der Waals surface area contributed by atoms with Crippen LogP contribution in [-0.2, 0) is 4.74 Å². The molecule has 4 heterocycles. The van der Waals surface area contributed by atoms with Crippen LogP contribution >= 0.6 is 0 Å². The molecule has 7 nitrogen and oxygen atoms in total. The standard InChI is InChI=1S/C25H34N6O/c1-19-16-31(24-5-4-20(15-26)25-23(24)3-2-8-28-25)18-22(32-19)17-29-11-13-30(14-12-29)21-6-9-27-10-7-21/h2-5,8,19,21-22,27H,6-7,9-14,16-18H2,1H3/t19-,22+/m1/s1. The predicted octanol–water partition coefficient (Wildman–Crippen LogP) is 2.07. The smallest absolute Gasteiger partial charge is 0.101 e. The van der Waals surface area contributed by atoms with E-state index in [0.29, 0.717) is 5.56 Å². The molecule has 2 aromatic rings. The van der Waals surface area contributed by atoms with E-state index in [-0.39, 0.29) is 12.2 Å². The molecule has 1 N–H and O–H groups in total. The number of morpholine rings is 1. The van der Waals surface area contributed by atoms with Crippen LogP contribution in [0.3, 0.4) is 0 Å². The van der Waals surface area contributed by atoms with Crippen LogP contribution in [0.15, 0.2) is 30.5 Å². The SMILES string of the molecule is C[C@@H]1CN(c2ccc(C#N)c3ncccc23)C[C@H](CN2CCN(C3CCNCC3)CC2)O1. The first kappa shape index (κ1) is 21.6. The lowest BCUT2D eigenvalue weighted by Crippen LogP contribution is -2.56. The maximum Gasteiger partial charge on any atom is 0.101 e. The van der Waals surface area contributed by atoms with E-state index in [2.05, 4.69) is 50.1 Å². The van der Waals surface area contributed by atoms with Crippen LogP contribution < -0.4 is 10.2 Å². The van der Waals surface area contributed by atoms with E-state index >= 15 is 0 Å². The van der Waals surface area contributed by atoms with Crippen molar-refractivity contribution in [2.75, 3.05) is 63.8 Å². The number of hydrogen-bond donors (Lipinski definition) is 1. The Morgan fingerprint density at radius 1 is 1.12 bits per heavy atom. The van der Waals surface area contributed by atoms with Gasteiger partial charge in [0.2, 0.25) is 0 Å². The third-order valence-electron chi connectivity index (χ3n) is 7.23. The zero-order valence-electron chi connectivity index (χ0n) is 19.0. The predicted molar refractivity (Wildman–Crippen MR) is 127 cm³/mol. The van der Waals surface area contributed by atoms with Crippen molar-refractivity contribution >= 4 is 16.6 Å². The van der Waals surface area contributed by atoms with E-state index in [9.17, 15) is 5.26 Å². The molecule has 3 aliphatic heterocycles. The van der Waals surface area contributed by atoms with Gasteiger partial charge in [0.1, 0.15) is 6.07 Å². The number of pyridine rings is 1. The Morgan fingerprint density at radius 2 is 1.94 bits per heavy atom. The first-order chi connectivity index (χ1) is 15.7. The number of anilines is 1. The number of ether oxygens (including phenoxy) is 1. The fourth-order valence-electron chi connectivity index (χ4n) is 5.64. The summed E-state index contributed by atoms with van der Waals surface area (Å²) < 4.78 is 6.37. The lowest BCUT2D eigenvalue weighted by Gasteiger charge is -2.44. The molecule has 0 amide bonds. The monoisotopic (exact) mass is 434 g/mol. The van der Waals surface area contributed by atoms with E-state index in [4.69, 9.17) is 4.74 Å². The van der Waals surface area contributed by atoms with Crippen molar-refractivity contribution in [1.82, 2.24) is 20.1 Å². The van der Waals surface area contributed by atoms with Crippen LogP contribution in [0.2, 0.25) is 0 Å². The van der Waals surface area contributed by atoms with E-state index in [1.165, 1.54) is 25.9 Å². The summed E-state index contributed by atoms with van der Waals surface area (Å²) in [5.74, 6) is 0. The highest BCUT2D eigenvalue weighted by molar-refractivity contribution is 5.95. The molecule has 0 bridgehead atoms. The Kier molecular flexibility index (Phi) is 6.56. The number of nitrogens with zero attached hydrogens (tertiary/aromatic N) is 5. The number of nitrogens with one attached hydrogen (secondary N) is 1. The lowest BCUT2D eigenvalue weighted by atomic mass is 10.0. The minimum atomic E-state index is 0.173. The highest BCUT2D eigenvalue weighted by atomic mass is 16.5. The summed E-state index contributed by atoms with van der Waals surface area (Å²) in [5.41, 5.74) is 2.58. The second-order valence-electron chi connectivity index (χ2n) is 9.44. The van der Waals surface area contributed by atoms with Gasteiger partial charge in [-0.3, -0.25) is 14.8 Å². The van der Waals surface area contributed by atoms with Crippen molar-refractivity contribution in [2.45, 2.75) is 38.0 Å². The molecule has 32 heavy (non-hydrogen) atoms. The van der Waals surface area contributed by atoms with Crippen molar-refractivity contribution in [3.8, 4) is 6.07 Å². The fraction of sp³-hybridized carbons (Fsp3) is 0.600. The van der Waals surface area contributed by atoms with Crippen LogP contribution in [0.5, 0.6) is 0 Å². The number of piperazine rings is 1. The van der Waals surface area contributed by atoms with Gasteiger partial charge >= 0.3 is 0 Å². The van der Waals surface area contributed by atoms with Gasteiger partial charge in [0.05, 0.1) is 23.3 Å². The molecule has 170 valence electrons. The average molecular weight is 435 g/mol. The summed E-state index contributed by atoms with van der Waals surface area (Å²) in [6.07, 6.45) is 4.69. The summed E-state index contributed by atoms with van der Waals surface area (Å²) in [6, 6.07) is 11.1. The highest BCUT2D eigenvalue weighted by Gasteiger charge is 2.30. The molecule has 0 unspecified atom stereocenters. The average Bonchev–Trinajstić information content (AvgIpc) is 2.84. The topological polar surface area (TPSA) is 67.7 Å². The van der Waals surface area contributed by atoms with E-state index in [1.807, 2.05) is 12.1 Å².